The molecule has 15 heavy (non-hydrogen) atoms. The van der Waals surface area contributed by atoms with Gasteiger partial charge in [0.05, 0.1) is 25.2 Å². The van der Waals surface area contributed by atoms with Crippen LogP contribution in [0.4, 0.5) is 0 Å². The summed E-state index contributed by atoms with van der Waals surface area (Å²) in [5.41, 5.74) is 0.00513. The Labute approximate surface area is 90.9 Å². The summed E-state index contributed by atoms with van der Waals surface area (Å²) in [6, 6.07) is 0. The Morgan fingerprint density at radius 3 is 2.47 bits per heavy atom. The molecule has 2 fully saturated rings. The van der Waals surface area contributed by atoms with E-state index >= 15 is 0 Å². The van der Waals surface area contributed by atoms with E-state index in [-0.39, 0.29) is 12.0 Å². The van der Waals surface area contributed by atoms with Crippen LogP contribution in [-0.4, -0.2) is 51.2 Å². The number of aliphatic hydroxyl groups is 1. The van der Waals surface area contributed by atoms with Crippen molar-refractivity contribution < 1.29 is 14.6 Å². The lowest BCUT2D eigenvalue weighted by molar-refractivity contribution is -0.134. The fourth-order valence-electron chi connectivity index (χ4n) is 2.13. The summed E-state index contributed by atoms with van der Waals surface area (Å²) in [5.74, 6) is 0.746. The molecule has 0 bridgehead atoms. The quantitative estimate of drug-likeness (QED) is 0.678. The lowest BCUT2D eigenvalue weighted by atomic mass is 9.86. The van der Waals surface area contributed by atoms with Gasteiger partial charge in [-0.1, -0.05) is 0 Å². The third-order valence-electron chi connectivity index (χ3n) is 3.43. The molecule has 2 aliphatic rings. The predicted molar refractivity (Wildman–Crippen MR) is 56.8 cm³/mol. The normalized spacial score (nSPS) is 26.2. The highest BCUT2D eigenvalue weighted by Gasteiger charge is 2.37. The first-order valence-corrected chi connectivity index (χ1v) is 5.82. The molecule has 2 rings (SSSR count). The molecule has 2 aliphatic heterocycles. The van der Waals surface area contributed by atoms with E-state index in [1.54, 1.807) is 0 Å². The second kappa shape index (κ2) is 5.25. The molecule has 2 heterocycles. The Morgan fingerprint density at radius 1 is 1.20 bits per heavy atom. The lowest BCUT2D eigenvalue weighted by Crippen LogP contribution is -2.52. The van der Waals surface area contributed by atoms with Crippen molar-refractivity contribution in [2.24, 2.45) is 11.3 Å². The van der Waals surface area contributed by atoms with Crippen molar-refractivity contribution in [3.8, 4) is 0 Å². The number of rotatable bonds is 5. The van der Waals surface area contributed by atoms with E-state index in [2.05, 4.69) is 5.32 Å². The average molecular weight is 215 g/mol. The zero-order chi connectivity index (χ0) is 10.6. The molecule has 0 unspecified atom stereocenters. The van der Waals surface area contributed by atoms with Crippen LogP contribution in [0.15, 0.2) is 0 Å². The Bertz CT molecular complexity index is 183. The van der Waals surface area contributed by atoms with Crippen molar-refractivity contribution in [3.63, 3.8) is 0 Å². The van der Waals surface area contributed by atoms with Gasteiger partial charge in [-0.25, -0.2) is 0 Å². The minimum absolute atomic E-state index is 0.00513. The molecule has 0 atom stereocenters. The molecule has 2 saturated heterocycles. The van der Waals surface area contributed by atoms with Gasteiger partial charge in [0.1, 0.15) is 0 Å². The Morgan fingerprint density at radius 2 is 1.93 bits per heavy atom. The Kier molecular flexibility index (Phi) is 3.97. The van der Waals surface area contributed by atoms with Crippen LogP contribution in [0.5, 0.6) is 0 Å². The van der Waals surface area contributed by atoms with Crippen molar-refractivity contribution in [1.29, 1.82) is 0 Å². The summed E-state index contributed by atoms with van der Waals surface area (Å²) >= 11 is 0. The molecule has 88 valence electrons. The van der Waals surface area contributed by atoms with Crippen molar-refractivity contribution >= 4 is 0 Å². The van der Waals surface area contributed by atoms with E-state index in [0.717, 1.165) is 45.1 Å². The molecule has 0 amide bonds. The molecule has 4 nitrogen and oxygen atoms in total. The molecule has 2 N–H and O–H groups in total. The van der Waals surface area contributed by atoms with Gasteiger partial charge < -0.3 is 19.9 Å². The third-order valence-corrected chi connectivity index (χ3v) is 3.43. The van der Waals surface area contributed by atoms with E-state index < -0.39 is 0 Å². The minimum Gasteiger partial charge on any atom is -0.396 e. The largest absolute Gasteiger partial charge is 0.396 e. The van der Waals surface area contributed by atoms with Crippen molar-refractivity contribution in [3.05, 3.63) is 0 Å². The summed E-state index contributed by atoms with van der Waals surface area (Å²) in [6.45, 7) is 5.36. The van der Waals surface area contributed by atoms with E-state index in [1.165, 1.54) is 0 Å². The maximum Gasteiger partial charge on any atom is 0.0579 e. The third kappa shape index (κ3) is 2.91. The zero-order valence-electron chi connectivity index (χ0n) is 9.21. The highest BCUT2D eigenvalue weighted by molar-refractivity contribution is 4.87. The molecule has 0 aromatic heterocycles. The van der Waals surface area contributed by atoms with Gasteiger partial charge in [-0.05, 0) is 25.3 Å². The molecule has 4 heteroatoms. The lowest BCUT2D eigenvalue weighted by Gasteiger charge is -2.40. The van der Waals surface area contributed by atoms with Crippen molar-refractivity contribution in [1.82, 2.24) is 5.32 Å². The molecular weight excluding hydrogens is 194 g/mol. The summed E-state index contributed by atoms with van der Waals surface area (Å²) in [4.78, 5) is 0. The number of hydrogen-bond donors (Lipinski definition) is 2. The number of hydrogen-bond acceptors (Lipinski definition) is 4. The van der Waals surface area contributed by atoms with E-state index in [9.17, 15) is 5.11 Å². The van der Waals surface area contributed by atoms with Crippen LogP contribution in [0.3, 0.4) is 0 Å². The maximum absolute atomic E-state index is 9.23. The number of ether oxygens (including phenoxy) is 2. The van der Waals surface area contributed by atoms with E-state index in [1.807, 2.05) is 0 Å². The van der Waals surface area contributed by atoms with Gasteiger partial charge in [-0.3, -0.25) is 0 Å². The van der Waals surface area contributed by atoms with E-state index in [0.29, 0.717) is 13.2 Å². The summed E-state index contributed by atoms with van der Waals surface area (Å²) in [6.07, 6.45) is 2.32. The minimum atomic E-state index is 0.00513. The monoisotopic (exact) mass is 215 g/mol. The van der Waals surface area contributed by atoms with Crippen LogP contribution in [0.2, 0.25) is 0 Å². The zero-order valence-corrected chi connectivity index (χ0v) is 9.21. The van der Waals surface area contributed by atoms with Gasteiger partial charge in [0.25, 0.3) is 0 Å². The molecule has 0 aliphatic carbocycles. The highest BCUT2D eigenvalue weighted by Crippen LogP contribution is 2.25. The summed E-state index contributed by atoms with van der Waals surface area (Å²) in [7, 11) is 0. The highest BCUT2D eigenvalue weighted by atomic mass is 16.5. The summed E-state index contributed by atoms with van der Waals surface area (Å²) in [5, 5.41) is 12.7. The van der Waals surface area contributed by atoms with Gasteiger partial charge in [0.2, 0.25) is 0 Å². The first kappa shape index (κ1) is 11.3. The first-order chi connectivity index (χ1) is 7.35. The topological polar surface area (TPSA) is 50.7 Å². The van der Waals surface area contributed by atoms with Crippen molar-refractivity contribution in [2.75, 3.05) is 46.1 Å². The first-order valence-electron chi connectivity index (χ1n) is 5.82. The van der Waals surface area contributed by atoms with Crippen LogP contribution in [0, 0.1) is 11.3 Å². The molecular formula is C11H21NO3. The smallest absolute Gasteiger partial charge is 0.0579 e. The van der Waals surface area contributed by atoms with E-state index in [4.69, 9.17) is 9.47 Å². The second-order valence-corrected chi connectivity index (χ2v) is 4.84. The maximum atomic E-state index is 9.23. The van der Waals surface area contributed by atoms with Crippen molar-refractivity contribution in [2.45, 2.75) is 12.8 Å². The predicted octanol–water partition coefficient (Wildman–Crippen LogP) is 0.0115. The average Bonchev–Trinajstić information content (AvgIpc) is 2.24. The molecule has 0 aromatic carbocycles. The summed E-state index contributed by atoms with van der Waals surface area (Å²) < 4.78 is 10.5. The fourth-order valence-corrected chi connectivity index (χ4v) is 2.13. The molecule has 0 spiro atoms. The molecule has 0 saturated carbocycles. The van der Waals surface area contributed by atoms with Crippen LogP contribution in [0.1, 0.15) is 12.8 Å². The van der Waals surface area contributed by atoms with Gasteiger partial charge in [0, 0.05) is 19.8 Å². The number of nitrogens with one attached hydrogen (secondary N) is 1. The fraction of sp³-hybridized carbons (Fsp3) is 1.00. The Balaban J connectivity index is 1.61. The standard InChI is InChI=1S/C11H21NO3/c13-7-11(8-15-9-11)6-12-5-10-1-3-14-4-2-10/h10,12-13H,1-9H2. The van der Waals surface area contributed by atoms with Crippen LogP contribution in [-0.2, 0) is 9.47 Å². The molecule has 0 radical (unpaired) electrons. The van der Waals surface area contributed by atoms with Gasteiger partial charge in [-0.15, -0.1) is 0 Å². The SMILES string of the molecule is OCC1(CNCC2CCOCC2)COC1. The second-order valence-electron chi connectivity index (χ2n) is 4.84. The number of aliphatic hydroxyl groups excluding tert-OH is 1. The van der Waals surface area contributed by atoms with Crippen LogP contribution in [0.25, 0.3) is 0 Å². The van der Waals surface area contributed by atoms with Crippen LogP contribution < -0.4 is 5.32 Å². The Hall–Kier alpha value is -0.160. The van der Waals surface area contributed by atoms with Crippen LogP contribution >= 0.6 is 0 Å². The van der Waals surface area contributed by atoms with Gasteiger partial charge in [-0.2, -0.15) is 0 Å². The van der Waals surface area contributed by atoms with Gasteiger partial charge in [0.15, 0.2) is 0 Å². The van der Waals surface area contributed by atoms with Gasteiger partial charge >= 0.3 is 0 Å². The molecule has 0 aromatic rings.